The summed E-state index contributed by atoms with van der Waals surface area (Å²) in [6.07, 6.45) is 4.24. The Morgan fingerprint density at radius 2 is 1.90 bits per heavy atom. The molecule has 0 radical (unpaired) electrons. The van der Waals surface area contributed by atoms with E-state index in [-0.39, 0.29) is 5.75 Å². The molecule has 1 aliphatic rings. The van der Waals surface area contributed by atoms with Crippen LogP contribution in [0.1, 0.15) is 38.2 Å². The van der Waals surface area contributed by atoms with Crippen LogP contribution in [0, 0.1) is 5.92 Å². The van der Waals surface area contributed by atoms with Crippen molar-refractivity contribution in [2.75, 3.05) is 18.8 Å². The van der Waals surface area contributed by atoms with E-state index in [2.05, 4.69) is 6.92 Å². The molecule has 0 bridgehead atoms. The van der Waals surface area contributed by atoms with E-state index in [9.17, 15) is 8.42 Å². The Balaban J connectivity index is 2.04. The summed E-state index contributed by atoms with van der Waals surface area (Å²) < 4.78 is 26.6. The topological polar surface area (TPSA) is 63.4 Å². The summed E-state index contributed by atoms with van der Waals surface area (Å²) >= 11 is 0. The van der Waals surface area contributed by atoms with Crippen molar-refractivity contribution in [1.82, 2.24) is 4.31 Å². The molecular weight excluding hydrogens is 272 g/mol. The van der Waals surface area contributed by atoms with Gasteiger partial charge in [-0.05, 0) is 42.9 Å². The molecule has 1 aromatic carbocycles. The Morgan fingerprint density at radius 3 is 2.55 bits per heavy atom. The summed E-state index contributed by atoms with van der Waals surface area (Å²) in [6.45, 7) is 3.51. The zero-order valence-electron chi connectivity index (χ0n) is 12.1. The second-order valence-electron chi connectivity index (χ2n) is 5.60. The monoisotopic (exact) mass is 296 g/mol. The highest BCUT2D eigenvalue weighted by Crippen LogP contribution is 2.23. The summed E-state index contributed by atoms with van der Waals surface area (Å²) in [5.74, 6) is 0.746. The Kier molecular flexibility index (Phi) is 5.05. The molecule has 1 unspecified atom stereocenters. The van der Waals surface area contributed by atoms with Crippen LogP contribution in [0.3, 0.4) is 0 Å². The van der Waals surface area contributed by atoms with Crippen molar-refractivity contribution < 1.29 is 8.42 Å². The van der Waals surface area contributed by atoms with Gasteiger partial charge in [-0.1, -0.05) is 25.5 Å². The number of anilines is 1. The maximum Gasteiger partial charge on any atom is 0.218 e. The lowest BCUT2D eigenvalue weighted by Crippen LogP contribution is -2.33. The minimum Gasteiger partial charge on any atom is -0.399 e. The van der Waals surface area contributed by atoms with Crippen LogP contribution in [0.5, 0.6) is 0 Å². The summed E-state index contributed by atoms with van der Waals surface area (Å²) in [5.41, 5.74) is 7.08. The zero-order valence-corrected chi connectivity index (χ0v) is 12.9. The molecule has 2 rings (SSSR count). The number of hydrogen-bond donors (Lipinski definition) is 1. The van der Waals surface area contributed by atoms with Crippen molar-refractivity contribution in [3.63, 3.8) is 0 Å². The van der Waals surface area contributed by atoms with Crippen LogP contribution in [0.15, 0.2) is 24.3 Å². The quantitative estimate of drug-likeness (QED) is 0.869. The molecule has 1 atom stereocenters. The molecule has 0 saturated carbocycles. The van der Waals surface area contributed by atoms with Gasteiger partial charge in [-0.2, -0.15) is 0 Å². The van der Waals surface area contributed by atoms with Crippen LogP contribution in [0.25, 0.3) is 0 Å². The fourth-order valence-corrected chi connectivity index (χ4v) is 4.33. The minimum atomic E-state index is -3.21. The van der Waals surface area contributed by atoms with Crippen LogP contribution in [-0.2, 0) is 15.8 Å². The summed E-state index contributed by atoms with van der Waals surface area (Å²) in [6, 6.07) is 7.08. The minimum absolute atomic E-state index is 0.0735. The van der Waals surface area contributed by atoms with Crippen LogP contribution >= 0.6 is 0 Å². The fourth-order valence-electron chi connectivity index (χ4n) is 2.74. The Morgan fingerprint density at radius 1 is 1.20 bits per heavy atom. The molecule has 0 amide bonds. The highest BCUT2D eigenvalue weighted by molar-refractivity contribution is 7.88. The van der Waals surface area contributed by atoms with Gasteiger partial charge in [0, 0.05) is 18.8 Å². The molecule has 1 saturated heterocycles. The maximum absolute atomic E-state index is 12.5. The van der Waals surface area contributed by atoms with Gasteiger partial charge in [0.25, 0.3) is 0 Å². The lowest BCUT2D eigenvalue weighted by Gasteiger charge is -2.20. The molecule has 1 aromatic rings. The second-order valence-corrected chi connectivity index (χ2v) is 7.57. The molecule has 5 heteroatoms. The molecular formula is C15H24N2O2S. The lowest BCUT2D eigenvalue weighted by molar-refractivity contribution is 0.407. The van der Waals surface area contributed by atoms with E-state index in [4.69, 9.17) is 5.73 Å². The third-order valence-corrected chi connectivity index (χ3v) is 5.96. The second kappa shape index (κ2) is 6.59. The molecule has 0 aliphatic carbocycles. The van der Waals surface area contributed by atoms with Crippen molar-refractivity contribution in [3.8, 4) is 0 Å². The van der Waals surface area contributed by atoms with Gasteiger partial charge in [0.2, 0.25) is 10.0 Å². The number of benzene rings is 1. The molecule has 2 N–H and O–H groups in total. The van der Waals surface area contributed by atoms with Gasteiger partial charge in [0.1, 0.15) is 0 Å². The molecule has 112 valence electrons. The summed E-state index contributed by atoms with van der Waals surface area (Å²) in [7, 11) is -3.21. The smallest absolute Gasteiger partial charge is 0.218 e. The van der Waals surface area contributed by atoms with Crippen molar-refractivity contribution in [2.24, 2.45) is 5.92 Å². The van der Waals surface area contributed by atoms with E-state index in [1.807, 2.05) is 0 Å². The first kappa shape index (κ1) is 15.3. The zero-order chi connectivity index (χ0) is 14.6. The van der Waals surface area contributed by atoms with Crippen LogP contribution in [-0.4, -0.2) is 25.8 Å². The van der Waals surface area contributed by atoms with Gasteiger partial charge in [-0.25, -0.2) is 12.7 Å². The molecule has 1 heterocycles. The predicted molar refractivity (Wildman–Crippen MR) is 82.7 cm³/mol. The van der Waals surface area contributed by atoms with Gasteiger partial charge in [-0.15, -0.1) is 0 Å². The molecule has 1 fully saturated rings. The predicted octanol–water partition coefficient (Wildman–Crippen LogP) is 2.61. The summed E-state index contributed by atoms with van der Waals surface area (Å²) in [4.78, 5) is 0. The number of rotatable bonds is 4. The number of hydrogen-bond acceptors (Lipinski definition) is 3. The highest BCUT2D eigenvalue weighted by atomic mass is 32.2. The van der Waals surface area contributed by atoms with Crippen molar-refractivity contribution >= 4 is 15.7 Å². The van der Waals surface area contributed by atoms with E-state index in [1.165, 1.54) is 0 Å². The van der Waals surface area contributed by atoms with Crippen molar-refractivity contribution in [2.45, 2.75) is 38.4 Å². The van der Waals surface area contributed by atoms with E-state index in [0.717, 1.165) is 31.2 Å². The Labute approximate surface area is 122 Å². The number of nitrogen functional groups attached to an aromatic ring is 1. The average molecular weight is 296 g/mol. The SMILES string of the molecule is CCC1CCCN(S(=O)(=O)Cc2ccc(N)cc2)CC1. The molecule has 0 spiro atoms. The van der Waals surface area contributed by atoms with Gasteiger partial charge < -0.3 is 5.73 Å². The van der Waals surface area contributed by atoms with E-state index < -0.39 is 10.0 Å². The maximum atomic E-state index is 12.5. The van der Waals surface area contributed by atoms with E-state index in [1.54, 1.807) is 28.6 Å². The third-order valence-electron chi connectivity index (χ3n) is 4.11. The van der Waals surface area contributed by atoms with E-state index in [0.29, 0.717) is 24.7 Å². The van der Waals surface area contributed by atoms with Crippen LogP contribution in [0.2, 0.25) is 0 Å². The largest absolute Gasteiger partial charge is 0.399 e. The van der Waals surface area contributed by atoms with Crippen LogP contribution < -0.4 is 5.73 Å². The first-order chi connectivity index (χ1) is 9.51. The van der Waals surface area contributed by atoms with Gasteiger partial charge in [0.05, 0.1) is 5.75 Å². The fraction of sp³-hybridized carbons (Fsp3) is 0.600. The van der Waals surface area contributed by atoms with Crippen molar-refractivity contribution in [3.05, 3.63) is 29.8 Å². The number of sulfonamides is 1. The normalized spacial score (nSPS) is 21.6. The molecule has 1 aliphatic heterocycles. The summed E-state index contributed by atoms with van der Waals surface area (Å²) in [5, 5.41) is 0. The first-order valence-corrected chi connectivity index (χ1v) is 8.94. The van der Waals surface area contributed by atoms with Gasteiger partial charge in [0.15, 0.2) is 0 Å². The molecule has 4 nitrogen and oxygen atoms in total. The number of nitrogens with two attached hydrogens (primary N) is 1. The third kappa shape index (κ3) is 3.96. The first-order valence-electron chi connectivity index (χ1n) is 7.33. The number of nitrogens with zero attached hydrogens (tertiary/aromatic N) is 1. The highest BCUT2D eigenvalue weighted by Gasteiger charge is 2.25. The molecule has 20 heavy (non-hydrogen) atoms. The Bertz CT molecular complexity index is 525. The van der Waals surface area contributed by atoms with Crippen molar-refractivity contribution in [1.29, 1.82) is 0 Å². The van der Waals surface area contributed by atoms with Gasteiger partial charge in [-0.3, -0.25) is 0 Å². The van der Waals surface area contributed by atoms with Gasteiger partial charge >= 0.3 is 0 Å². The van der Waals surface area contributed by atoms with E-state index >= 15 is 0 Å². The van der Waals surface area contributed by atoms with Crippen LogP contribution in [0.4, 0.5) is 5.69 Å². The average Bonchev–Trinajstić information content (AvgIpc) is 2.67. The molecule has 0 aromatic heterocycles. The standard InChI is InChI=1S/C15H24N2O2S/c1-2-13-4-3-10-17(11-9-13)20(18,19)12-14-5-7-15(16)8-6-14/h5-8,13H,2-4,9-12,16H2,1H3. The lowest BCUT2D eigenvalue weighted by atomic mass is 9.98. The Hall–Kier alpha value is -1.07.